The van der Waals surface area contributed by atoms with Crippen LogP contribution in [0.25, 0.3) is 0 Å². The van der Waals surface area contributed by atoms with Crippen LogP contribution in [0.2, 0.25) is 0 Å². The number of aromatic nitrogens is 2. The Morgan fingerprint density at radius 3 is 2.69 bits per heavy atom. The lowest BCUT2D eigenvalue weighted by molar-refractivity contribution is 0.0605. The van der Waals surface area contributed by atoms with Gasteiger partial charge in [-0.1, -0.05) is 23.8 Å². The Morgan fingerprint density at radius 2 is 1.92 bits per heavy atom. The van der Waals surface area contributed by atoms with Gasteiger partial charge >= 0.3 is 0 Å². The van der Waals surface area contributed by atoms with Gasteiger partial charge in [0.05, 0.1) is 17.4 Å². The van der Waals surface area contributed by atoms with Crippen molar-refractivity contribution in [3.63, 3.8) is 0 Å². The second-order valence-corrected chi connectivity index (χ2v) is 7.24. The van der Waals surface area contributed by atoms with E-state index in [1.165, 1.54) is 4.68 Å². The van der Waals surface area contributed by atoms with Gasteiger partial charge in [0.1, 0.15) is 0 Å². The van der Waals surface area contributed by atoms with Gasteiger partial charge in [-0.25, -0.2) is 4.68 Å². The van der Waals surface area contributed by atoms with Gasteiger partial charge in [-0.2, -0.15) is 5.10 Å². The number of fused-ring (bicyclic) bond motifs is 1. The van der Waals surface area contributed by atoms with Gasteiger partial charge in [-0.05, 0) is 51.3 Å². The third-order valence-corrected chi connectivity index (χ3v) is 5.53. The predicted molar refractivity (Wildman–Crippen MR) is 99.0 cm³/mol. The summed E-state index contributed by atoms with van der Waals surface area (Å²) in [5, 5.41) is 4.61. The number of rotatable bonds is 2. The first-order valence-corrected chi connectivity index (χ1v) is 9.22. The summed E-state index contributed by atoms with van der Waals surface area (Å²) in [6, 6.07) is 11.3. The van der Waals surface area contributed by atoms with Crippen molar-refractivity contribution in [2.45, 2.75) is 45.6 Å². The molecule has 1 aromatic carbocycles. The lowest BCUT2D eigenvalue weighted by Crippen LogP contribution is -2.38. The maximum Gasteiger partial charge on any atom is 0.274 e. The van der Waals surface area contributed by atoms with Crippen LogP contribution in [0, 0.1) is 0 Å². The molecule has 0 saturated carbocycles. The van der Waals surface area contributed by atoms with E-state index in [1.54, 1.807) is 0 Å². The number of likely N-dealkylation sites (tertiary alicyclic amines) is 1. The highest BCUT2D eigenvalue weighted by molar-refractivity contribution is 5.97. The van der Waals surface area contributed by atoms with Gasteiger partial charge in [0.15, 0.2) is 0 Å². The zero-order chi connectivity index (χ0) is 18.3. The standard InChI is InChI=1S/C21H23N3O2/c1-14-12-17-13-18(22-24(17)20(25)15(14)2)19-10-6-7-11-23(19)21(26)16-8-4-3-5-9-16/h3-5,8-9,13,19H,6-7,10-12H2,1-2H3/t19-/m0/s1. The van der Waals surface area contributed by atoms with Gasteiger partial charge in [-0.15, -0.1) is 0 Å². The second kappa shape index (κ2) is 6.56. The Hall–Kier alpha value is -2.69. The van der Waals surface area contributed by atoms with Crippen LogP contribution in [-0.4, -0.2) is 33.0 Å². The van der Waals surface area contributed by atoms with E-state index in [9.17, 15) is 9.59 Å². The molecule has 4 rings (SSSR count). The maximum atomic E-state index is 13.0. The summed E-state index contributed by atoms with van der Waals surface area (Å²) in [6.07, 6.45) is 3.69. The SMILES string of the molecule is CC1=C(C)C(=O)n2nc([C@@H]3CCCCN3C(=O)c3ccccc3)cc2C1. The zero-order valence-corrected chi connectivity index (χ0v) is 15.2. The molecule has 1 amide bonds. The summed E-state index contributed by atoms with van der Waals surface area (Å²) in [5.74, 6) is -0.00942. The van der Waals surface area contributed by atoms with Crippen molar-refractivity contribution in [2.24, 2.45) is 0 Å². The quantitative estimate of drug-likeness (QED) is 0.829. The molecule has 0 aliphatic carbocycles. The van der Waals surface area contributed by atoms with Crippen LogP contribution in [0.4, 0.5) is 0 Å². The average Bonchev–Trinajstić information content (AvgIpc) is 3.10. The highest BCUT2D eigenvalue weighted by atomic mass is 16.2. The molecule has 0 spiro atoms. The number of piperidine rings is 1. The molecule has 5 nitrogen and oxygen atoms in total. The van der Waals surface area contributed by atoms with E-state index in [2.05, 4.69) is 5.10 Å². The van der Waals surface area contributed by atoms with Crippen LogP contribution in [0.3, 0.4) is 0 Å². The van der Waals surface area contributed by atoms with Crippen LogP contribution >= 0.6 is 0 Å². The van der Waals surface area contributed by atoms with Gasteiger partial charge in [0.2, 0.25) is 0 Å². The van der Waals surface area contributed by atoms with Gasteiger partial charge < -0.3 is 4.90 Å². The third-order valence-electron chi connectivity index (χ3n) is 5.53. The van der Waals surface area contributed by atoms with Crippen LogP contribution in [0.5, 0.6) is 0 Å². The smallest absolute Gasteiger partial charge is 0.274 e. The number of carbonyl (C=O) groups is 2. The molecule has 2 aliphatic heterocycles. The van der Waals surface area contributed by atoms with Gasteiger partial charge in [0.25, 0.3) is 11.8 Å². The molecule has 1 fully saturated rings. The number of amides is 1. The predicted octanol–water partition coefficient (Wildman–Crippen LogP) is 3.78. The minimum atomic E-state index is -0.0667. The Kier molecular flexibility index (Phi) is 4.23. The minimum Gasteiger partial charge on any atom is -0.330 e. The number of benzene rings is 1. The molecule has 3 heterocycles. The van der Waals surface area contributed by atoms with Crippen molar-refractivity contribution in [1.29, 1.82) is 0 Å². The summed E-state index contributed by atoms with van der Waals surface area (Å²) in [6.45, 7) is 4.58. The first kappa shape index (κ1) is 16.8. The van der Waals surface area contributed by atoms with Crippen molar-refractivity contribution in [1.82, 2.24) is 14.7 Å². The number of allylic oxidation sites excluding steroid dienone is 2. The normalized spacial score (nSPS) is 20.3. The minimum absolute atomic E-state index is 0.0399. The molecule has 0 unspecified atom stereocenters. The molecule has 5 heteroatoms. The lowest BCUT2D eigenvalue weighted by atomic mass is 9.97. The largest absolute Gasteiger partial charge is 0.330 e. The first-order chi connectivity index (χ1) is 12.6. The highest BCUT2D eigenvalue weighted by Crippen LogP contribution is 2.33. The summed E-state index contributed by atoms with van der Waals surface area (Å²) in [5.41, 5.74) is 4.32. The average molecular weight is 349 g/mol. The van der Waals surface area contributed by atoms with Crippen LogP contribution in [-0.2, 0) is 6.42 Å². The monoisotopic (exact) mass is 349 g/mol. The van der Waals surface area contributed by atoms with Crippen LogP contribution in [0.1, 0.15) is 65.7 Å². The maximum absolute atomic E-state index is 13.0. The van der Waals surface area contributed by atoms with Crippen molar-refractivity contribution in [3.8, 4) is 0 Å². The molecule has 2 aliphatic rings. The van der Waals surface area contributed by atoms with Crippen LogP contribution in [0.15, 0.2) is 47.5 Å². The molecule has 1 atom stereocenters. The number of nitrogens with zero attached hydrogens (tertiary/aromatic N) is 3. The van der Waals surface area contributed by atoms with E-state index in [-0.39, 0.29) is 17.9 Å². The Labute approximate surface area is 153 Å². The van der Waals surface area contributed by atoms with E-state index in [0.717, 1.165) is 54.8 Å². The summed E-state index contributed by atoms with van der Waals surface area (Å²) < 4.78 is 1.53. The van der Waals surface area contributed by atoms with Gasteiger partial charge in [-0.3, -0.25) is 9.59 Å². The lowest BCUT2D eigenvalue weighted by Gasteiger charge is -2.34. The Morgan fingerprint density at radius 1 is 1.15 bits per heavy atom. The third kappa shape index (κ3) is 2.77. The van der Waals surface area contributed by atoms with Crippen molar-refractivity contribution in [2.75, 3.05) is 6.54 Å². The summed E-state index contributed by atoms with van der Waals surface area (Å²) >= 11 is 0. The van der Waals surface area contributed by atoms with Crippen molar-refractivity contribution >= 4 is 11.8 Å². The molecular weight excluding hydrogens is 326 g/mol. The first-order valence-electron chi connectivity index (χ1n) is 9.22. The zero-order valence-electron chi connectivity index (χ0n) is 15.2. The molecule has 0 bridgehead atoms. The second-order valence-electron chi connectivity index (χ2n) is 7.24. The van der Waals surface area contributed by atoms with E-state index >= 15 is 0 Å². The Balaban J connectivity index is 1.66. The van der Waals surface area contributed by atoms with E-state index < -0.39 is 0 Å². The highest BCUT2D eigenvalue weighted by Gasteiger charge is 2.32. The molecule has 26 heavy (non-hydrogen) atoms. The van der Waals surface area contributed by atoms with Gasteiger partial charge in [0, 0.05) is 24.1 Å². The van der Waals surface area contributed by atoms with Crippen LogP contribution < -0.4 is 0 Å². The van der Waals surface area contributed by atoms with Crippen molar-refractivity contribution < 1.29 is 9.59 Å². The molecule has 0 N–H and O–H groups in total. The molecule has 134 valence electrons. The Bertz CT molecular complexity index is 895. The van der Waals surface area contributed by atoms with Crippen molar-refractivity contribution in [3.05, 3.63) is 64.5 Å². The molecule has 1 aromatic heterocycles. The number of hydrogen-bond acceptors (Lipinski definition) is 3. The fourth-order valence-electron chi connectivity index (χ4n) is 3.88. The molecule has 2 aromatic rings. The molecule has 0 radical (unpaired) electrons. The number of hydrogen-bond donors (Lipinski definition) is 0. The fourth-order valence-corrected chi connectivity index (χ4v) is 3.88. The fraction of sp³-hybridized carbons (Fsp3) is 0.381. The summed E-state index contributed by atoms with van der Waals surface area (Å²) in [4.78, 5) is 27.5. The molecule has 1 saturated heterocycles. The summed E-state index contributed by atoms with van der Waals surface area (Å²) in [7, 11) is 0. The van der Waals surface area contributed by atoms with E-state index in [1.807, 2.05) is 55.1 Å². The number of carbonyl (C=O) groups excluding carboxylic acids is 2. The molecular formula is C21H23N3O2. The van der Waals surface area contributed by atoms with E-state index in [4.69, 9.17) is 0 Å². The van der Waals surface area contributed by atoms with E-state index in [0.29, 0.717) is 5.56 Å². The topological polar surface area (TPSA) is 55.2 Å².